The topological polar surface area (TPSA) is 29.5 Å². The average molecular weight is 129 g/mol. The molecule has 0 aliphatic carbocycles. The molecule has 0 saturated heterocycles. The fraction of sp³-hybridized carbons (Fsp3) is 1.00. The zero-order valence-corrected chi connectivity index (χ0v) is 6.35. The molecule has 3 heteroatoms. The van der Waals surface area contributed by atoms with Gasteiger partial charge in [-0.1, -0.05) is 20.7 Å². The highest BCUT2D eigenvalue weighted by Crippen LogP contribution is 2.12. The van der Waals surface area contributed by atoms with Gasteiger partial charge in [-0.2, -0.15) is 0 Å². The maximum atomic E-state index is 8.73. The third kappa shape index (κ3) is 4.49. The monoisotopic (exact) mass is 129 g/mol. The first-order chi connectivity index (χ1) is 4.12. The molecule has 0 saturated carbocycles. The van der Waals surface area contributed by atoms with Crippen LogP contribution >= 0.6 is 0 Å². The summed E-state index contributed by atoms with van der Waals surface area (Å²) in [7, 11) is 1.64. The Bertz CT molecular complexity index is 73.5. The summed E-state index contributed by atoms with van der Waals surface area (Å²) in [6.45, 7) is 6.49. The molecule has 0 unspecified atom stereocenters. The highest BCUT2D eigenvalue weighted by Gasteiger charge is 2.15. The van der Waals surface area contributed by atoms with Crippen molar-refractivity contribution in [3.8, 4) is 0 Å². The smallest absolute Gasteiger partial charge is 0.289 e. The lowest BCUT2D eigenvalue weighted by molar-refractivity contribution is 0.100. The van der Waals surface area contributed by atoms with Crippen LogP contribution in [0, 0.1) is 5.41 Å². The van der Waals surface area contributed by atoms with Gasteiger partial charge in [-0.15, -0.1) is 0 Å². The summed E-state index contributed by atoms with van der Waals surface area (Å²) in [5, 5.41) is 8.73. The Morgan fingerprint density at radius 1 is 1.56 bits per heavy atom. The molecule has 0 aromatic heterocycles. The zero-order chi connectivity index (χ0) is 7.33. The van der Waals surface area contributed by atoms with Crippen molar-refractivity contribution in [1.82, 2.24) is 0 Å². The second-order valence-electron chi connectivity index (χ2n) is 2.87. The van der Waals surface area contributed by atoms with E-state index in [1.807, 2.05) is 20.7 Å². The SMILES string of the molecule is C[B]OCC(C)(C)CO. The first kappa shape index (κ1) is 8.98. The van der Waals surface area contributed by atoms with Gasteiger partial charge in [0.05, 0.1) is 6.61 Å². The van der Waals surface area contributed by atoms with E-state index < -0.39 is 0 Å². The van der Waals surface area contributed by atoms with Gasteiger partial charge in [-0.25, -0.2) is 0 Å². The van der Waals surface area contributed by atoms with Crippen molar-refractivity contribution < 1.29 is 9.76 Å². The van der Waals surface area contributed by atoms with Gasteiger partial charge in [-0.3, -0.25) is 0 Å². The minimum absolute atomic E-state index is 0.105. The van der Waals surface area contributed by atoms with Gasteiger partial charge in [-0.05, 0) is 0 Å². The van der Waals surface area contributed by atoms with Gasteiger partial charge < -0.3 is 9.76 Å². The third-order valence-electron chi connectivity index (χ3n) is 1.07. The molecule has 0 aliphatic heterocycles. The molecule has 1 N–H and O–H groups in total. The van der Waals surface area contributed by atoms with E-state index in [1.165, 1.54) is 0 Å². The normalized spacial score (nSPS) is 11.6. The van der Waals surface area contributed by atoms with E-state index in [-0.39, 0.29) is 12.0 Å². The Morgan fingerprint density at radius 2 is 2.11 bits per heavy atom. The van der Waals surface area contributed by atoms with Crippen LogP contribution in [-0.2, 0) is 4.65 Å². The van der Waals surface area contributed by atoms with Crippen LogP contribution in [0.5, 0.6) is 0 Å². The number of hydrogen-bond donors (Lipinski definition) is 1. The molecule has 0 rings (SSSR count). The highest BCUT2D eigenvalue weighted by atomic mass is 16.4. The molecular formula is C6H14BO2. The standard InChI is InChI=1S/C6H14BO2/c1-6(2,4-8)5-9-7-3/h8H,4-5H2,1-3H3. The van der Waals surface area contributed by atoms with E-state index >= 15 is 0 Å². The van der Waals surface area contributed by atoms with Gasteiger partial charge in [0.1, 0.15) is 0 Å². The van der Waals surface area contributed by atoms with Crippen molar-refractivity contribution >= 4 is 7.48 Å². The van der Waals surface area contributed by atoms with Crippen LogP contribution in [0.4, 0.5) is 0 Å². The molecule has 0 fully saturated rings. The first-order valence-electron chi connectivity index (χ1n) is 3.13. The van der Waals surface area contributed by atoms with Crippen LogP contribution in [0.1, 0.15) is 13.8 Å². The molecule has 0 aliphatic rings. The Balaban J connectivity index is 3.33. The molecule has 0 spiro atoms. The minimum atomic E-state index is -0.105. The number of aliphatic hydroxyl groups excluding tert-OH is 1. The van der Waals surface area contributed by atoms with Gasteiger partial charge in [0.15, 0.2) is 0 Å². The lowest BCUT2D eigenvalue weighted by Gasteiger charge is -2.20. The zero-order valence-electron chi connectivity index (χ0n) is 6.35. The third-order valence-corrected chi connectivity index (χ3v) is 1.07. The molecule has 0 atom stereocenters. The second kappa shape index (κ2) is 3.91. The summed E-state index contributed by atoms with van der Waals surface area (Å²) in [6, 6.07) is 0. The van der Waals surface area contributed by atoms with Crippen molar-refractivity contribution in [2.45, 2.75) is 20.7 Å². The molecule has 53 valence electrons. The van der Waals surface area contributed by atoms with Crippen molar-refractivity contribution in [3.05, 3.63) is 0 Å². The molecule has 0 heterocycles. The van der Waals surface area contributed by atoms with Crippen molar-refractivity contribution in [2.75, 3.05) is 13.2 Å². The van der Waals surface area contributed by atoms with Gasteiger partial charge in [0.25, 0.3) is 7.48 Å². The summed E-state index contributed by atoms with van der Waals surface area (Å²) in [6.07, 6.45) is 0. The maximum Gasteiger partial charge on any atom is 0.289 e. The van der Waals surface area contributed by atoms with Crippen LogP contribution in [0.3, 0.4) is 0 Å². The summed E-state index contributed by atoms with van der Waals surface area (Å²) in [5.74, 6) is 0. The lowest BCUT2D eigenvalue weighted by Crippen LogP contribution is -2.23. The average Bonchev–Trinajstić information content (AvgIpc) is 1.84. The molecular weight excluding hydrogens is 115 g/mol. The Labute approximate surface area is 57.5 Å². The predicted octanol–water partition coefficient (Wildman–Crippen LogP) is 0.689. The molecule has 0 aromatic carbocycles. The fourth-order valence-corrected chi connectivity index (χ4v) is 0.355. The van der Waals surface area contributed by atoms with E-state index in [0.717, 1.165) is 0 Å². The van der Waals surface area contributed by atoms with Crippen LogP contribution in [-0.4, -0.2) is 25.8 Å². The van der Waals surface area contributed by atoms with E-state index in [0.29, 0.717) is 6.61 Å². The summed E-state index contributed by atoms with van der Waals surface area (Å²) >= 11 is 0. The van der Waals surface area contributed by atoms with Gasteiger partial charge in [0.2, 0.25) is 0 Å². The van der Waals surface area contributed by atoms with Crippen LogP contribution < -0.4 is 0 Å². The van der Waals surface area contributed by atoms with Crippen LogP contribution in [0.25, 0.3) is 0 Å². The molecule has 1 radical (unpaired) electrons. The van der Waals surface area contributed by atoms with Gasteiger partial charge in [0, 0.05) is 12.0 Å². The maximum absolute atomic E-state index is 8.73. The second-order valence-corrected chi connectivity index (χ2v) is 2.87. The van der Waals surface area contributed by atoms with Crippen molar-refractivity contribution in [1.29, 1.82) is 0 Å². The molecule has 0 aromatic rings. The quantitative estimate of drug-likeness (QED) is 0.565. The highest BCUT2D eigenvalue weighted by molar-refractivity contribution is 6.24. The minimum Gasteiger partial charge on any atom is -0.440 e. The molecule has 0 amide bonds. The lowest BCUT2D eigenvalue weighted by atomic mass is 9.95. The Kier molecular flexibility index (Phi) is 3.90. The predicted molar refractivity (Wildman–Crippen MR) is 38.4 cm³/mol. The summed E-state index contributed by atoms with van der Waals surface area (Å²) in [4.78, 5) is 0. The van der Waals surface area contributed by atoms with E-state index in [2.05, 4.69) is 0 Å². The molecule has 2 nitrogen and oxygen atoms in total. The number of rotatable bonds is 4. The Hall–Kier alpha value is -0.0151. The van der Waals surface area contributed by atoms with Crippen molar-refractivity contribution in [3.63, 3.8) is 0 Å². The largest absolute Gasteiger partial charge is 0.440 e. The van der Waals surface area contributed by atoms with E-state index in [9.17, 15) is 0 Å². The summed E-state index contributed by atoms with van der Waals surface area (Å²) < 4.78 is 5.00. The van der Waals surface area contributed by atoms with E-state index in [4.69, 9.17) is 9.76 Å². The number of aliphatic hydroxyl groups is 1. The molecule has 0 bridgehead atoms. The van der Waals surface area contributed by atoms with Crippen molar-refractivity contribution in [2.24, 2.45) is 5.41 Å². The van der Waals surface area contributed by atoms with Crippen LogP contribution in [0.2, 0.25) is 6.82 Å². The summed E-state index contributed by atoms with van der Waals surface area (Å²) in [5.41, 5.74) is -0.105. The molecule has 9 heavy (non-hydrogen) atoms. The first-order valence-corrected chi connectivity index (χ1v) is 3.13. The fourth-order valence-electron chi connectivity index (χ4n) is 0.355. The Morgan fingerprint density at radius 3 is 2.44 bits per heavy atom. The van der Waals surface area contributed by atoms with Crippen LogP contribution in [0.15, 0.2) is 0 Å². The van der Waals surface area contributed by atoms with E-state index in [1.54, 1.807) is 7.48 Å². The number of hydrogen-bond acceptors (Lipinski definition) is 2. The van der Waals surface area contributed by atoms with Gasteiger partial charge >= 0.3 is 0 Å².